The molecule has 2 bridgehead atoms. The van der Waals surface area contributed by atoms with Crippen molar-refractivity contribution >= 4 is 11.9 Å². The van der Waals surface area contributed by atoms with Crippen LogP contribution in [0.5, 0.6) is 0 Å². The number of carbonyl (C=O) groups is 2. The van der Waals surface area contributed by atoms with Gasteiger partial charge in [-0.25, -0.2) is 4.79 Å². The molecule has 0 aromatic heterocycles. The number of epoxide rings is 1. The van der Waals surface area contributed by atoms with Gasteiger partial charge in [-0.3, -0.25) is 4.79 Å². The predicted molar refractivity (Wildman–Crippen MR) is 68.3 cm³/mol. The molecule has 0 aromatic rings. The maximum absolute atomic E-state index is 12.4. The lowest BCUT2D eigenvalue weighted by atomic mass is 9.52. The van der Waals surface area contributed by atoms with E-state index < -0.39 is 64.3 Å². The largest absolute Gasteiger partial charge is 0.458 e. The minimum atomic E-state index is -1.47. The molecule has 5 fully saturated rings. The fraction of sp³-hybridized carbons (Fsp3) is 0.867. The van der Waals surface area contributed by atoms with Crippen LogP contribution in [0.3, 0.4) is 0 Å². The van der Waals surface area contributed by atoms with Crippen LogP contribution in [0.25, 0.3) is 0 Å². The first-order chi connectivity index (χ1) is 10.1. The smallest absolute Gasteiger partial charge is 0.342 e. The summed E-state index contributed by atoms with van der Waals surface area (Å²) in [6.07, 6.45) is -1.78. The van der Waals surface area contributed by atoms with Gasteiger partial charge >= 0.3 is 11.9 Å². The minimum Gasteiger partial charge on any atom is -0.458 e. The standard InChI is InChI=1S/C15H18O7/c1-12(2,18)6-7-10(16)20-8(6)9-13(3)14(7,19)4-5-15(13,22-5)11(17)21-9/h5-9,18-19H,4H2,1-3H3/t5?,6-,7-,8+,9+,13-,14-,15+/m1/s1. The Bertz CT molecular complexity index is 638. The van der Waals surface area contributed by atoms with Crippen LogP contribution in [0, 0.1) is 17.3 Å². The first kappa shape index (κ1) is 13.3. The summed E-state index contributed by atoms with van der Waals surface area (Å²) >= 11 is 0. The van der Waals surface area contributed by atoms with Crippen LogP contribution in [0.1, 0.15) is 27.2 Å². The summed E-state index contributed by atoms with van der Waals surface area (Å²) in [6, 6.07) is 0. The molecular weight excluding hydrogens is 292 g/mol. The normalized spacial score (nSPS) is 60.7. The average molecular weight is 310 g/mol. The lowest BCUT2D eigenvalue weighted by Gasteiger charge is -2.53. The van der Waals surface area contributed by atoms with Crippen molar-refractivity contribution in [3.05, 3.63) is 0 Å². The van der Waals surface area contributed by atoms with Crippen LogP contribution in [0.15, 0.2) is 0 Å². The number of rotatable bonds is 1. The van der Waals surface area contributed by atoms with Gasteiger partial charge in [0.25, 0.3) is 0 Å². The van der Waals surface area contributed by atoms with Crippen LogP contribution in [-0.2, 0) is 23.8 Å². The molecule has 1 unspecified atom stereocenters. The van der Waals surface area contributed by atoms with Gasteiger partial charge in [0, 0.05) is 12.3 Å². The third-order valence-corrected chi connectivity index (χ3v) is 6.85. The third-order valence-electron chi connectivity index (χ3n) is 6.85. The van der Waals surface area contributed by atoms with E-state index in [2.05, 4.69) is 0 Å². The number of carbonyl (C=O) groups excluding carboxylic acids is 2. The van der Waals surface area contributed by atoms with Crippen molar-refractivity contribution in [3.8, 4) is 0 Å². The van der Waals surface area contributed by atoms with Crippen molar-refractivity contribution in [2.75, 3.05) is 0 Å². The van der Waals surface area contributed by atoms with Crippen molar-refractivity contribution in [1.29, 1.82) is 0 Å². The highest BCUT2D eigenvalue weighted by atomic mass is 16.7. The molecule has 8 atom stereocenters. The van der Waals surface area contributed by atoms with Gasteiger partial charge in [0.1, 0.15) is 12.2 Å². The highest BCUT2D eigenvalue weighted by Gasteiger charge is 2.95. The molecule has 0 amide bonds. The quantitative estimate of drug-likeness (QED) is 0.479. The zero-order valence-corrected chi connectivity index (χ0v) is 12.5. The SMILES string of the molecule is CC(C)(O)[C@H]1[C@@H]2OC(=O)[C@@H]1[C@]1(O)CC3O[C@]34C(=O)O[C@@H]2[C@@]41C. The summed E-state index contributed by atoms with van der Waals surface area (Å²) in [4.78, 5) is 24.8. The Morgan fingerprint density at radius 2 is 1.95 bits per heavy atom. The van der Waals surface area contributed by atoms with Crippen LogP contribution in [0.4, 0.5) is 0 Å². The summed E-state index contributed by atoms with van der Waals surface area (Å²) in [6.45, 7) is 4.92. The lowest BCUT2D eigenvalue weighted by molar-refractivity contribution is -0.223. The van der Waals surface area contributed by atoms with Gasteiger partial charge in [-0.1, -0.05) is 0 Å². The van der Waals surface area contributed by atoms with Gasteiger partial charge in [0.05, 0.1) is 22.5 Å². The average Bonchev–Trinajstić information content (AvgIpc) is 2.85. The third kappa shape index (κ3) is 0.962. The van der Waals surface area contributed by atoms with Gasteiger partial charge in [-0.05, 0) is 20.8 Å². The molecule has 0 radical (unpaired) electrons. The number of hydrogen-bond acceptors (Lipinski definition) is 7. The fourth-order valence-electron chi connectivity index (χ4n) is 5.83. The van der Waals surface area contributed by atoms with E-state index in [0.29, 0.717) is 0 Å². The maximum atomic E-state index is 12.4. The highest BCUT2D eigenvalue weighted by Crippen LogP contribution is 2.77. The molecule has 7 nitrogen and oxygen atoms in total. The Morgan fingerprint density at radius 1 is 1.27 bits per heavy atom. The second kappa shape index (κ2) is 3.07. The Kier molecular flexibility index (Phi) is 1.85. The molecular formula is C15H18O7. The highest BCUT2D eigenvalue weighted by molar-refractivity contribution is 5.91. The van der Waals surface area contributed by atoms with E-state index in [1.807, 2.05) is 0 Å². The first-order valence-corrected chi connectivity index (χ1v) is 7.63. The monoisotopic (exact) mass is 310 g/mol. The number of fused-ring (bicyclic) bond motifs is 4. The van der Waals surface area contributed by atoms with Crippen LogP contribution in [0.2, 0.25) is 0 Å². The maximum Gasteiger partial charge on any atom is 0.342 e. The minimum absolute atomic E-state index is 0.189. The van der Waals surface area contributed by atoms with Crippen molar-refractivity contribution in [2.45, 2.75) is 62.3 Å². The van der Waals surface area contributed by atoms with Crippen LogP contribution < -0.4 is 0 Å². The Hall–Kier alpha value is -1.18. The van der Waals surface area contributed by atoms with Crippen LogP contribution >= 0.6 is 0 Å². The second-order valence-electron chi connectivity index (χ2n) is 8.06. The van der Waals surface area contributed by atoms with Gasteiger partial charge < -0.3 is 24.4 Å². The summed E-state index contributed by atoms with van der Waals surface area (Å²) in [5, 5.41) is 21.9. The summed E-state index contributed by atoms with van der Waals surface area (Å²) in [7, 11) is 0. The zero-order valence-electron chi connectivity index (χ0n) is 12.5. The summed E-state index contributed by atoms with van der Waals surface area (Å²) < 4.78 is 16.5. The van der Waals surface area contributed by atoms with Crippen molar-refractivity contribution in [2.24, 2.45) is 17.3 Å². The van der Waals surface area contributed by atoms with E-state index in [1.54, 1.807) is 20.8 Å². The molecule has 1 spiro atoms. The number of aliphatic hydroxyl groups is 2. The Morgan fingerprint density at radius 3 is 2.59 bits per heavy atom. The number of ether oxygens (including phenoxy) is 3. The fourth-order valence-corrected chi connectivity index (χ4v) is 5.83. The molecule has 3 heterocycles. The molecule has 7 heteroatoms. The molecule has 5 rings (SSSR count). The molecule has 0 aromatic carbocycles. The summed E-state index contributed by atoms with van der Waals surface area (Å²) in [5.74, 6) is -2.51. The van der Waals surface area contributed by atoms with E-state index in [0.717, 1.165) is 0 Å². The molecule has 2 aliphatic carbocycles. The van der Waals surface area contributed by atoms with Crippen molar-refractivity contribution in [3.63, 3.8) is 0 Å². The Labute approximate surface area is 126 Å². The summed E-state index contributed by atoms with van der Waals surface area (Å²) in [5.41, 5.74) is -4.89. The molecule has 2 saturated carbocycles. The lowest BCUT2D eigenvalue weighted by Crippen LogP contribution is -2.68. The Balaban J connectivity index is 1.76. The van der Waals surface area contributed by atoms with E-state index in [-0.39, 0.29) is 6.42 Å². The van der Waals surface area contributed by atoms with E-state index in [1.165, 1.54) is 0 Å². The van der Waals surface area contributed by atoms with E-state index >= 15 is 0 Å². The second-order valence-corrected chi connectivity index (χ2v) is 8.06. The van der Waals surface area contributed by atoms with Gasteiger partial charge in [0.2, 0.25) is 5.60 Å². The van der Waals surface area contributed by atoms with Crippen LogP contribution in [-0.4, -0.2) is 57.3 Å². The molecule has 3 aliphatic heterocycles. The molecule has 2 N–H and O–H groups in total. The van der Waals surface area contributed by atoms with E-state index in [9.17, 15) is 19.8 Å². The van der Waals surface area contributed by atoms with E-state index in [4.69, 9.17) is 14.2 Å². The number of esters is 2. The number of hydrogen-bond donors (Lipinski definition) is 2. The van der Waals surface area contributed by atoms with Crippen molar-refractivity contribution < 1.29 is 34.0 Å². The first-order valence-electron chi connectivity index (χ1n) is 7.63. The van der Waals surface area contributed by atoms with Gasteiger partial charge in [-0.2, -0.15) is 0 Å². The predicted octanol–water partition coefficient (Wildman–Crippen LogP) is -0.867. The molecule has 5 aliphatic rings. The zero-order chi connectivity index (χ0) is 15.9. The molecule has 120 valence electrons. The van der Waals surface area contributed by atoms with Gasteiger partial charge in [0.15, 0.2) is 6.10 Å². The topological polar surface area (TPSA) is 106 Å². The molecule has 22 heavy (non-hydrogen) atoms. The molecule has 3 saturated heterocycles. The van der Waals surface area contributed by atoms with Gasteiger partial charge in [-0.15, -0.1) is 0 Å². The van der Waals surface area contributed by atoms with Crippen molar-refractivity contribution in [1.82, 2.24) is 0 Å².